The second-order valence-electron chi connectivity index (χ2n) is 3.09. The molecule has 68 valence electrons. The topological polar surface area (TPSA) is 40.5 Å². The van der Waals surface area contributed by atoms with Crippen LogP contribution in [0.25, 0.3) is 0 Å². The minimum atomic E-state index is -0.666. The summed E-state index contributed by atoms with van der Waals surface area (Å²) in [6.45, 7) is 4.29. The molecular formula is C9H15NO2. The third-order valence-corrected chi connectivity index (χ3v) is 2.30. The molecular weight excluding hydrogens is 154 g/mol. The lowest BCUT2D eigenvalue weighted by Crippen LogP contribution is -2.46. The van der Waals surface area contributed by atoms with Gasteiger partial charge >= 0.3 is 0 Å². The number of hydrogen-bond acceptors (Lipinski definition) is 3. The Morgan fingerprint density at radius 1 is 1.58 bits per heavy atom. The molecule has 1 aliphatic rings. The monoisotopic (exact) mass is 169 g/mol. The molecule has 0 radical (unpaired) electrons. The Labute approximate surface area is 72.7 Å². The van der Waals surface area contributed by atoms with Crippen molar-refractivity contribution in [1.82, 2.24) is 4.90 Å². The zero-order valence-electron chi connectivity index (χ0n) is 7.15. The zero-order chi connectivity index (χ0) is 8.97. The molecule has 0 aromatic heterocycles. The third-order valence-electron chi connectivity index (χ3n) is 2.30. The molecule has 12 heavy (non-hydrogen) atoms. The van der Waals surface area contributed by atoms with E-state index in [1.807, 2.05) is 0 Å². The van der Waals surface area contributed by atoms with E-state index >= 15 is 0 Å². The Bertz CT molecular complexity index is 170. The number of aliphatic hydroxyl groups excluding tert-OH is 1. The number of aliphatic hydroxyl groups is 1. The van der Waals surface area contributed by atoms with Gasteiger partial charge in [-0.1, -0.05) is 13.0 Å². The molecule has 1 saturated heterocycles. The van der Waals surface area contributed by atoms with Gasteiger partial charge in [0.15, 0.2) is 0 Å². The first-order valence-corrected chi connectivity index (χ1v) is 4.31. The van der Waals surface area contributed by atoms with Crippen LogP contribution in [0.5, 0.6) is 0 Å². The fraction of sp³-hybridized carbons (Fsp3) is 0.667. The van der Waals surface area contributed by atoms with Crippen LogP contribution in [0, 0.1) is 0 Å². The van der Waals surface area contributed by atoms with Crippen molar-refractivity contribution in [2.45, 2.75) is 31.5 Å². The van der Waals surface area contributed by atoms with Crippen molar-refractivity contribution in [2.75, 3.05) is 6.54 Å². The molecule has 1 N–H and O–H groups in total. The highest BCUT2D eigenvalue weighted by Gasteiger charge is 2.25. The number of likely N-dealkylation sites (tertiary alicyclic amines) is 1. The summed E-state index contributed by atoms with van der Waals surface area (Å²) in [6.07, 6.45) is 4.68. The molecule has 0 aliphatic carbocycles. The van der Waals surface area contributed by atoms with Crippen molar-refractivity contribution in [2.24, 2.45) is 0 Å². The van der Waals surface area contributed by atoms with Crippen LogP contribution in [0.4, 0.5) is 0 Å². The van der Waals surface area contributed by atoms with E-state index in [1.165, 1.54) is 6.08 Å². The lowest BCUT2D eigenvalue weighted by molar-refractivity contribution is -0.117. The number of piperidine rings is 1. The quantitative estimate of drug-likeness (QED) is 0.495. The maximum atomic E-state index is 10.6. The number of nitrogens with zero attached hydrogens (tertiary/aromatic N) is 1. The number of rotatable bonds is 3. The fourth-order valence-electron chi connectivity index (χ4n) is 1.59. The molecule has 0 spiro atoms. The Morgan fingerprint density at radius 2 is 2.33 bits per heavy atom. The first-order chi connectivity index (χ1) is 5.79. The molecule has 0 saturated carbocycles. The molecule has 3 nitrogen and oxygen atoms in total. The average Bonchev–Trinajstić information content (AvgIpc) is 2.16. The summed E-state index contributed by atoms with van der Waals surface area (Å²) in [5.41, 5.74) is 0. The van der Waals surface area contributed by atoms with Gasteiger partial charge in [0.25, 0.3) is 0 Å². The second-order valence-corrected chi connectivity index (χ2v) is 3.09. The van der Waals surface area contributed by atoms with E-state index in [4.69, 9.17) is 0 Å². The van der Waals surface area contributed by atoms with Crippen LogP contribution >= 0.6 is 0 Å². The summed E-state index contributed by atoms with van der Waals surface area (Å²) in [5, 5.41) is 9.43. The Hall–Kier alpha value is -0.670. The minimum Gasteiger partial charge on any atom is -0.375 e. The average molecular weight is 169 g/mol. The lowest BCUT2D eigenvalue weighted by atomic mass is 10.0. The largest absolute Gasteiger partial charge is 0.375 e. The van der Waals surface area contributed by atoms with Gasteiger partial charge in [0.1, 0.15) is 12.5 Å². The smallest absolute Gasteiger partial charge is 0.137 e. The van der Waals surface area contributed by atoms with Gasteiger partial charge in [-0.3, -0.25) is 4.90 Å². The van der Waals surface area contributed by atoms with Gasteiger partial charge in [-0.15, -0.1) is 0 Å². The zero-order valence-corrected chi connectivity index (χ0v) is 7.15. The van der Waals surface area contributed by atoms with E-state index in [2.05, 4.69) is 6.58 Å². The summed E-state index contributed by atoms with van der Waals surface area (Å²) in [4.78, 5) is 12.4. The highest BCUT2D eigenvalue weighted by Crippen LogP contribution is 2.17. The first-order valence-electron chi connectivity index (χ1n) is 4.31. The number of carbonyl (C=O) groups excluding carboxylic acids is 1. The van der Waals surface area contributed by atoms with Crippen molar-refractivity contribution in [3.8, 4) is 0 Å². The van der Waals surface area contributed by atoms with Crippen LogP contribution in [0.1, 0.15) is 19.3 Å². The minimum absolute atomic E-state index is 0.119. The molecule has 0 bridgehead atoms. The van der Waals surface area contributed by atoms with Gasteiger partial charge in [-0.25, -0.2) is 0 Å². The van der Waals surface area contributed by atoms with Gasteiger partial charge < -0.3 is 9.90 Å². The summed E-state index contributed by atoms with van der Waals surface area (Å²) in [7, 11) is 0. The normalized spacial score (nSPS) is 27.9. The van der Waals surface area contributed by atoms with Gasteiger partial charge in [-0.05, 0) is 18.9 Å². The Kier molecular flexibility index (Phi) is 3.44. The molecule has 0 aromatic rings. The van der Waals surface area contributed by atoms with Crippen molar-refractivity contribution >= 4 is 6.29 Å². The maximum absolute atomic E-state index is 10.6. The van der Waals surface area contributed by atoms with Gasteiger partial charge in [0.2, 0.25) is 0 Å². The van der Waals surface area contributed by atoms with E-state index in [1.54, 1.807) is 4.90 Å². The highest BCUT2D eigenvalue weighted by atomic mass is 16.3. The first kappa shape index (κ1) is 9.42. The molecule has 1 rings (SSSR count). The summed E-state index contributed by atoms with van der Waals surface area (Å²) >= 11 is 0. The van der Waals surface area contributed by atoms with Crippen LogP contribution in [-0.4, -0.2) is 35.1 Å². The van der Waals surface area contributed by atoms with Crippen LogP contribution < -0.4 is 0 Å². The van der Waals surface area contributed by atoms with E-state index in [-0.39, 0.29) is 6.04 Å². The van der Waals surface area contributed by atoms with E-state index < -0.39 is 6.23 Å². The molecule has 3 heteroatoms. The van der Waals surface area contributed by atoms with Crippen LogP contribution in [0.3, 0.4) is 0 Å². The number of aldehydes is 1. The van der Waals surface area contributed by atoms with Crippen LogP contribution in [0.2, 0.25) is 0 Å². The van der Waals surface area contributed by atoms with Crippen LogP contribution in [0.15, 0.2) is 12.7 Å². The van der Waals surface area contributed by atoms with Gasteiger partial charge in [-0.2, -0.15) is 0 Å². The van der Waals surface area contributed by atoms with E-state index in [0.29, 0.717) is 0 Å². The van der Waals surface area contributed by atoms with E-state index in [0.717, 1.165) is 32.1 Å². The summed E-state index contributed by atoms with van der Waals surface area (Å²) in [6, 6.07) is -0.119. The standard InChI is InChI=1S/C9H15NO2/c1-2-9(12)10-6-4-3-5-8(10)7-11/h2,7-9,12H,1,3-6H2/t8-,9?/m1/s1. The van der Waals surface area contributed by atoms with Gasteiger partial charge in [0.05, 0.1) is 6.04 Å². The third kappa shape index (κ3) is 1.93. The van der Waals surface area contributed by atoms with Crippen molar-refractivity contribution in [3.63, 3.8) is 0 Å². The maximum Gasteiger partial charge on any atom is 0.137 e. The molecule has 1 unspecified atom stereocenters. The summed E-state index contributed by atoms with van der Waals surface area (Å²) in [5.74, 6) is 0. The second kappa shape index (κ2) is 4.38. The van der Waals surface area contributed by atoms with E-state index in [9.17, 15) is 9.90 Å². The lowest BCUT2D eigenvalue weighted by Gasteiger charge is -2.34. The molecule has 2 atom stereocenters. The predicted octanol–water partition coefficient (Wildman–Crippen LogP) is 0.544. The van der Waals surface area contributed by atoms with Crippen molar-refractivity contribution in [1.29, 1.82) is 0 Å². The number of carbonyl (C=O) groups is 1. The SMILES string of the molecule is C=CC(O)N1CCCC[C@@H]1C=O. The van der Waals surface area contributed by atoms with Crippen LogP contribution in [-0.2, 0) is 4.79 Å². The fourth-order valence-corrected chi connectivity index (χ4v) is 1.59. The van der Waals surface area contributed by atoms with Crippen molar-refractivity contribution < 1.29 is 9.90 Å². The Morgan fingerprint density at radius 3 is 2.92 bits per heavy atom. The number of hydrogen-bond donors (Lipinski definition) is 1. The van der Waals surface area contributed by atoms with Gasteiger partial charge in [0, 0.05) is 6.54 Å². The summed E-state index contributed by atoms with van der Waals surface area (Å²) < 4.78 is 0. The Balaban J connectivity index is 2.57. The molecule has 0 aromatic carbocycles. The molecule has 1 heterocycles. The predicted molar refractivity (Wildman–Crippen MR) is 46.6 cm³/mol. The molecule has 1 aliphatic heterocycles. The molecule has 1 fully saturated rings. The highest BCUT2D eigenvalue weighted by molar-refractivity contribution is 5.57. The molecule has 0 amide bonds. The van der Waals surface area contributed by atoms with Crippen molar-refractivity contribution in [3.05, 3.63) is 12.7 Å².